The molecule has 0 unspecified atom stereocenters. The first-order valence-electron chi connectivity index (χ1n) is 8.71. The number of hydrogen-bond donors (Lipinski definition) is 1. The lowest BCUT2D eigenvalue weighted by molar-refractivity contribution is 0.0640. The lowest BCUT2D eigenvalue weighted by atomic mass is 10.2. The summed E-state index contributed by atoms with van der Waals surface area (Å²) in [5, 5.41) is 0. The van der Waals surface area contributed by atoms with Gasteiger partial charge in [0.2, 0.25) is 0 Å². The highest BCUT2D eigenvalue weighted by Crippen LogP contribution is 2.23. The van der Waals surface area contributed by atoms with E-state index in [1.807, 2.05) is 6.92 Å². The first-order valence-corrected chi connectivity index (χ1v) is 10.2. The van der Waals surface area contributed by atoms with Gasteiger partial charge in [-0.05, 0) is 48.4 Å². The Hall–Kier alpha value is -3.59. The SMILES string of the molecule is Cc1ccc(NS(=O)(=O)c2ccc(CN3C(=O)c4cccnc4C3=O)cc2)nc1. The predicted octanol–water partition coefficient (Wildman–Crippen LogP) is 2.38. The van der Waals surface area contributed by atoms with Crippen LogP contribution in [0.5, 0.6) is 0 Å². The van der Waals surface area contributed by atoms with Gasteiger partial charge in [0, 0.05) is 12.4 Å². The Kier molecular flexibility index (Phi) is 4.59. The van der Waals surface area contributed by atoms with Gasteiger partial charge in [-0.2, -0.15) is 0 Å². The van der Waals surface area contributed by atoms with Crippen molar-refractivity contribution in [2.75, 3.05) is 4.72 Å². The van der Waals surface area contributed by atoms with Crippen LogP contribution >= 0.6 is 0 Å². The van der Waals surface area contributed by atoms with Gasteiger partial charge in [-0.15, -0.1) is 0 Å². The standard InChI is InChI=1S/C20H16N4O4S/c1-13-4-9-17(22-11-13)23-29(27,28)15-7-5-14(6-8-15)12-24-19(25)16-3-2-10-21-18(16)20(24)26/h2-11H,12H2,1H3,(H,22,23). The molecule has 0 fully saturated rings. The summed E-state index contributed by atoms with van der Waals surface area (Å²) in [7, 11) is -3.81. The van der Waals surface area contributed by atoms with Gasteiger partial charge in [-0.1, -0.05) is 18.2 Å². The topological polar surface area (TPSA) is 109 Å². The van der Waals surface area contributed by atoms with Crippen LogP contribution < -0.4 is 4.72 Å². The number of rotatable bonds is 5. The molecular weight excluding hydrogens is 392 g/mol. The molecule has 0 radical (unpaired) electrons. The molecule has 1 aliphatic rings. The molecule has 2 amide bonds. The second-order valence-corrected chi connectivity index (χ2v) is 8.25. The van der Waals surface area contributed by atoms with E-state index in [0.717, 1.165) is 10.5 Å². The second kappa shape index (κ2) is 7.10. The van der Waals surface area contributed by atoms with Gasteiger partial charge in [0.15, 0.2) is 0 Å². The molecule has 3 aromatic rings. The summed E-state index contributed by atoms with van der Waals surface area (Å²) in [5.41, 5.74) is 1.94. The van der Waals surface area contributed by atoms with Crippen LogP contribution in [0.4, 0.5) is 5.82 Å². The molecule has 0 saturated carbocycles. The lowest BCUT2D eigenvalue weighted by Crippen LogP contribution is -2.29. The van der Waals surface area contributed by atoms with E-state index in [2.05, 4.69) is 14.7 Å². The Morgan fingerprint density at radius 3 is 2.38 bits per heavy atom. The number of imide groups is 1. The van der Waals surface area contributed by atoms with Crippen molar-refractivity contribution in [1.82, 2.24) is 14.9 Å². The van der Waals surface area contributed by atoms with E-state index in [1.54, 1.807) is 42.6 Å². The number of amides is 2. The van der Waals surface area contributed by atoms with Crippen molar-refractivity contribution in [1.29, 1.82) is 0 Å². The van der Waals surface area contributed by atoms with Gasteiger partial charge in [-0.25, -0.2) is 13.4 Å². The Bertz CT molecular complexity index is 1170. The second-order valence-electron chi connectivity index (χ2n) is 6.57. The first kappa shape index (κ1) is 18.8. The normalized spacial score (nSPS) is 13.5. The number of benzene rings is 1. The van der Waals surface area contributed by atoms with Crippen molar-refractivity contribution in [3.63, 3.8) is 0 Å². The van der Waals surface area contributed by atoms with Crippen LogP contribution in [-0.4, -0.2) is 35.1 Å². The number of nitrogens with one attached hydrogen (secondary N) is 1. The van der Waals surface area contributed by atoms with Crippen molar-refractivity contribution in [3.8, 4) is 0 Å². The molecule has 9 heteroatoms. The van der Waals surface area contributed by atoms with Crippen molar-refractivity contribution in [2.45, 2.75) is 18.4 Å². The minimum Gasteiger partial charge on any atom is -0.268 e. The highest BCUT2D eigenvalue weighted by Gasteiger charge is 2.36. The van der Waals surface area contributed by atoms with Crippen LogP contribution in [0.3, 0.4) is 0 Å². The fraction of sp³-hybridized carbons (Fsp3) is 0.100. The number of pyridine rings is 2. The number of anilines is 1. The molecule has 1 aromatic carbocycles. The molecule has 8 nitrogen and oxygen atoms in total. The molecule has 1 aliphatic heterocycles. The van der Waals surface area contributed by atoms with Crippen molar-refractivity contribution in [3.05, 3.63) is 83.3 Å². The molecule has 0 aliphatic carbocycles. The fourth-order valence-electron chi connectivity index (χ4n) is 2.94. The third kappa shape index (κ3) is 3.59. The molecule has 3 heterocycles. The van der Waals surface area contributed by atoms with Gasteiger partial charge in [-0.3, -0.25) is 24.2 Å². The molecular formula is C20H16N4O4S. The number of sulfonamides is 1. The molecule has 0 atom stereocenters. The number of nitrogens with zero attached hydrogens (tertiary/aromatic N) is 3. The van der Waals surface area contributed by atoms with Crippen molar-refractivity contribution < 1.29 is 18.0 Å². The maximum Gasteiger partial charge on any atom is 0.280 e. The molecule has 29 heavy (non-hydrogen) atoms. The summed E-state index contributed by atoms with van der Waals surface area (Å²) >= 11 is 0. The summed E-state index contributed by atoms with van der Waals surface area (Å²) in [6, 6.07) is 12.5. The van der Waals surface area contributed by atoms with Crippen molar-refractivity contribution >= 4 is 27.7 Å². The van der Waals surface area contributed by atoms with Crippen LogP contribution in [0.15, 0.2) is 65.8 Å². The maximum atomic E-state index is 12.5. The van der Waals surface area contributed by atoms with Crippen LogP contribution in [-0.2, 0) is 16.6 Å². The van der Waals surface area contributed by atoms with Gasteiger partial charge in [0.05, 0.1) is 17.0 Å². The summed E-state index contributed by atoms with van der Waals surface area (Å²) < 4.78 is 27.4. The van der Waals surface area contributed by atoms with E-state index in [-0.39, 0.29) is 28.5 Å². The number of fused-ring (bicyclic) bond motifs is 1. The van der Waals surface area contributed by atoms with Crippen LogP contribution in [0.25, 0.3) is 0 Å². The Labute approximate surface area is 167 Å². The highest BCUT2D eigenvalue weighted by atomic mass is 32.2. The lowest BCUT2D eigenvalue weighted by Gasteiger charge is -2.14. The fourth-order valence-corrected chi connectivity index (χ4v) is 3.95. The van der Waals surface area contributed by atoms with Gasteiger partial charge in [0.25, 0.3) is 21.8 Å². The Morgan fingerprint density at radius 2 is 1.72 bits per heavy atom. The van der Waals surface area contributed by atoms with E-state index in [4.69, 9.17) is 0 Å². The van der Waals surface area contributed by atoms with Gasteiger partial charge in [0.1, 0.15) is 11.5 Å². The third-order valence-electron chi connectivity index (χ3n) is 4.46. The number of carbonyl (C=O) groups excluding carboxylic acids is 2. The minimum atomic E-state index is -3.81. The van der Waals surface area contributed by atoms with Crippen LogP contribution in [0.2, 0.25) is 0 Å². The monoisotopic (exact) mass is 408 g/mol. The van der Waals surface area contributed by atoms with Gasteiger partial charge >= 0.3 is 0 Å². The van der Waals surface area contributed by atoms with Crippen LogP contribution in [0, 0.1) is 6.92 Å². The van der Waals surface area contributed by atoms with E-state index < -0.39 is 21.8 Å². The minimum absolute atomic E-state index is 0.0291. The van der Waals surface area contributed by atoms with E-state index >= 15 is 0 Å². The zero-order valence-corrected chi connectivity index (χ0v) is 16.2. The molecule has 0 saturated heterocycles. The molecule has 1 N–H and O–H groups in total. The number of hydrogen-bond acceptors (Lipinski definition) is 6. The number of aromatic nitrogens is 2. The smallest absolute Gasteiger partial charge is 0.268 e. The largest absolute Gasteiger partial charge is 0.280 e. The maximum absolute atomic E-state index is 12.5. The van der Waals surface area contributed by atoms with E-state index in [1.165, 1.54) is 18.3 Å². The van der Waals surface area contributed by atoms with E-state index in [9.17, 15) is 18.0 Å². The average Bonchev–Trinajstić information content (AvgIpc) is 2.95. The number of aryl methyl sites for hydroxylation is 1. The first-order chi connectivity index (χ1) is 13.8. The van der Waals surface area contributed by atoms with E-state index in [0.29, 0.717) is 5.56 Å². The average molecular weight is 408 g/mol. The number of carbonyl (C=O) groups is 2. The zero-order valence-electron chi connectivity index (χ0n) is 15.4. The quantitative estimate of drug-likeness (QED) is 0.649. The summed E-state index contributed by atoms with van der Waals surface area (Å²) in [6.07, 6.45) is 3.03. The predicted molar refractivity (Wildman–Crippen MR) is 105 cm³/mol. The zero-order chi connectivity index (χ0) is 20.6. The third-order valence-corrected chi connectivity index (χ3v) is 5.83. The summed E-state index contributed by atoms with van der Waals surface area (Å²) in [6.45, 7) is 1.88. The molecule has 0 bridgehead atoms. The summed E-state index contributed by atoms with van der Waals surface area (Å²) in [4.78, 5) is 34.0. The highest BCUT2D eigenvalue weighted by molar-refractivity contribution is 7.92. The molecule has 2 aromatic heterocycles. The van der Waals surface area contributed by atoms with Crippen molar-refractivity contribution in [2.24, 2.45) is 0 Å². The summed E-state index contributed by atoms with van der Waals surface area (Å²) in [5.74, 6) is -0.658. The Morgan fingerprint density at radius 1 is 0.966 bits per heavy atom. The van der Waals surface area contributed by atoms with Crippen LogP contribution in [0.1, 0.15) is 32.0 Å². The van der Waals surface area contributed by atoms with Gasteiger partial charge < -0.3 is 0 Å². The molecule has 4 rings (SSSR count). The molecule has 146 valence electrons. The molecule has 0 spiro atoms. The Balaban J connectivity index is 1.50.